The number of benzene rings is 2. The highest BCUT2D eigenvalue weighted by Crippen LogP contribution is 2.26. The molecule has 2 aromatic carbocycles. The number of carbonyl (C=O) groups is 1. The quantitative estimate of drug-likeness (QED) is 0.796. The molecule has 0 heterocycles. The van der Waals surface area contributed by atoms with Gasteiger partial charge in [-0.2, -0.15) is 0 Å². The van der Waals surface area contributed by atoms with Gasteiger partial charge in [-0.15, -0.1) is 13.2 Å². The Morgan fingerprint density at radius 3 is 2.25 bits per heavy atom. The molecular formula is C18H18F3NO2. The molecule has 0 aromatic heterocycles. The van der Waals surface area contributed by atoms with Crippen molar-refractivity contribution >= 4 is 11.6 Å². The zero-order valence-corrected chi connectivity index (χ0v) is 13.1. The third kappa shape index (κ3) is 5.30. The van der Waals surface area contributed by atoms with Gasteiger partial charge in [0.05, 0.1) is 5.92 Å². The van der Waals surface area contributed by atoms with Gasteiger partial charge in [-0.25, -0.2) is 0 Å². The second kappa shape index (κ2) is 7.86. The van der Waals surface area contributed by atoms with E-state index in [0.29, 0.717) is 12.1 Å². The number of halogens is 3. The van der Waals surface area contributed by atoms with Crippen molar-refractivity contribution in [2.24, 2.45) is 0 Å². The number of carbonyl (C=O) groups excluding carboxylic acids is 1. The van der Waals surface area contributed by atoms with Crippen LogP contribution in [0.5, 0.6) is 5.75 Å². The fraction of sp³-hybridized carbons (Fsp3) is 0.278. The van der Waals surface area contributed by atoms with E-state index in [4.69, 9.17) is 0 Å². The van der Waals surface area contributed by atoms with Crippen molar-refractivity contribution in [3.8, 4) is 5.75 Å². The predicted octanol–water partition coefficient (Wildman–Crippen LogP) is 5.11. The minimum absolute atomic E-state index is 0.187. The molecule has 0 spiro atoms. The van der Waals surface area contributed by atoms with Gasteiger partial charge in [-0.05, 0) is 36.2 Å². The molecule has 1 N–H and O–H groups in total. The number of hydrogen-bond donors (Lipinski definition) is 1. The number of ether oxygens (including phenoxy) is 1. The topological polar surface area (TPSA) is 38.3 Å². The van der Waals surface area contributed by atoms with Gasteiger partial charge in [0.25, 0.3) is 0 Å². The molecule has 0 saturated carbocycles. The highest BCUT2D eigenvalue weighted by Gasteiger charge is 2.31. The van der Waals surface area contributed by atoms with E-state index in [-0.39, 0.29) is 17.6 Å². The molecule has 0 bridgehead atoms. The summed E-state index contributed by atoms with van der Waals surface area (Å²) in [6.45, 7) is 1.99. The molecule has 2 rings (SSSR count). The maximum absolute atomic E-state index is 12.5. The van der Waals surface area contributed by atoms with Gasteiger partial charge in [-0.1, -0.05) is 43.7 Å². The zero-order chi connectivity index (χ0) is 17.6. The van der Waals surface area contributed by atoms with Gasteiger partial charge in [0.1, 0.15) is 5.75 Å². The Balaban J connectivity index is 2.07. The Kier molecular flexibility index (Phi) is 5.84. The first-order valence-electron chi connectivity index (χ1n) is 7.60. The number of alkyl halides is 3. The number of amides is 1. The molecular weight excluding hydrogens is 319 g/mol. The first kappa shape index (κ1) is 17.8. The van der Waals surface area contributed by atoms with Crippen LogP contribution >= 0.6 is 0 Å². The number of rotatable bonds is 6. The summed E-state index contributed by atoms with van der Waals surface area (Å²) in [6, 6.07) is 14.5. The zero-order valence-electron chi connectivity index (χ0n) is 13.1. The van der Waals surface area contributed by atoms with E-state index in [1.165, 1.54) is 24.3 Å². The van der Waals surface area contributed by atoms with Gasteiger partial charge < -0.3 is 10.1 Å². The molecule has 1 amide bonds. The molecule has 0 saturated heterocycles. The molecule has 0 aliphatic heterocycles. The maximum atomic E-state index is 12.5. The van der Waals surface area contributed by atoms with E-state index in [1.807, 2.05) is 37.3 Å². The molecule has 6 heteroatoms. The molecule has 3 nitrogen and oxygen atoms in total. The second-order valence-electron chi connectivity index (χ2n) is 5.31. The molecule has 2 aromatic rings. The third-order valence-corrected chi connectivity index (χ3v) is 3.45. The normalized spacial score (nSPS) is 12.5. The standard InChI is InChI=1S/C18H18F3NO2/c1-2-6-16(13-7-4-3-5-8-13)17(23)22-14-9-11-15(12-10-14)24-18(19,20)21/h3-5,7-12,16H,2,6H2,1H3,(H,22,23)/t16-/m0/s1. The van der Waals surface area contributed by atoms with Crippen molar-refractivity contribution in [3.63, 3.8) is 0 Å². The smallest absolute Gasteiger partial charge is 0.406 e. The Morgan fingerprint density at radius 2 is 1.71 bits per heavy atom. The number of anilines is 1. The molecule has 0 fully saturated rings. The van der Waals surface area contributed by atoms with Gasteiger partial charge >= 0.3 is 6.36 Å². The Morgan fingerprint density at radius 1 is 1.08 bits per heavy atom. The van der Waals surface area contributed by atoms with Gasteiger partial charge in [0, 0.05) is 5.69 Å². The van der Waals surface area contributed by atoms with Crippen LogP contribution in [-0.2, 0) is 4.79 Å². The third-order valence-electron chi connectivity index (χ3n) is 3.45. The number of hydrogen-bond acceptors (Lipinski definition) is 2. The van der Waals surface area contributed by atoms with E-state index in [1.54, 1.807) is 0 Å². The Labute approximate surface area is 138 Å². The van der Waals surface area contributed by atoms with Gasteiger partial charge in [0.2, 0.25) is 5.91 Å². The molecule has 24 heavy (non-hydrogen) atoms. The van der Waals surface area contributed by atoms with Gasteiger partial charge in [0.15, 0.2) is 0 Å². The second-order valence-corrected chi connectivity index (χ2v) is 5.31. The monoisotopic (exact) mass is 337 g/mol. The summed E-state index contributed by atoms with van der Waals surface area (Å²) < 4.78 is 40.2. The van der Waals surface area contributed by atoms with E-state index in [9.17, 15) is 18.0 Å². The molecule has 0 unspecified atom stereocenters. The summed E-state index contributed by atoms with van der Waals surface area (Å²) in [5.41, 5.74) is 1.33. The lowest BCUT2D eigenvalue weighted by Crippen LogP contribution is -2.21. The van der Waals surface area contributed by atoms with Crippen molar-refractivity contribution in [2.75, 3.05) is 5.32 Å². The van der Waals surface area contributed by atoms with Crippen molar-refractivity contribution in [1.82, 2.24) is 0 Å². The first-order valence-corrected chi connectivity index (χ1v) is 7.60. The lowest BCUT2D eigenvalue weighted by Gasteiger charge is -2.17. The lowest BCUT2D eigenvalue weighted by atomic mass is 9.93. The minimum Gasteiger partial charge on any atom is -0.406 e. The van der Waals surface area contributed by atoms with Crippen LogP contribution in [0.4, 0.5) is 18.9 Å². The average Bonchev–Trinajstić information content (AvgIpc) is 2.54. The van der Waals surface area contributed by atoms with Gasteiger partial charge in [-0.3, -0.25) is 4.79 Å². The van der Waals surface area contributed by atoms with Crippen LogP contribution in [0.1, 0.15) is 31.2 Å². The van der Waals surface area contributed by atoms with Crippen molar-refractivity contribution in [3.05, 3.63) is 60.2 Å². The summed E-state index contributed by atoms with van der Waals surface area (Å²) >= 11 is 0. The summed E-state index contributed by atoms with van der Waals surface area (Å²) in [6.07, 6.45) is -3.21. The van der Waals surface area contributed by atoms with Crippen LogP contribution < -0.4 is 10.1 Å². The SMILES string of the molecule is CCC[C@H](C(=O)Nc1ccc(OC(F)(F)F)cc1)c1ccccc1. The Bertz CT molecular complexity index is 654. The average molecular weight is 337 g/mol. The van der Waals surface area contributed by atoms with Crippen LogP contribution in [0.15, 0.2) is 54.6 Å². The van der Waals surface area contributed by atoms with Crippen molar-refractivity contribution < 1.29 is 22.7 Å². The summed E-state index contributed by atoms with van der Waals surface area (Å²) in [7, 11) is 0. The largest absolute Gasteiger partial charge is 0.573 e. The fourth-order valence-corrected chi connectivity index (χ4v) is 2.39. The predicted molar refractivity (Wildman–Crippen MR) is 85.8 cm³/mol. The van der Waals surface area contributed by atoms with E-state index in [2.05, 4.69) is 10.1 Å². The molecule has 0 aliphatic rings. The van der Waals surface area contributed by atoms with Crippen LogP contribution in [0, 0.1) is 0 Å². The van der Waals surface area contributed by atoms with E-state index < -0.39 is 6.36 Å². The molecule has 0 radical (unpaired) electrons. The fourth-order valence-electron chi connectivity index (χ4n) is 2.39. The minimum atomic E-state index is -4.73. The van der Waals surface area contributed by atoms with Crippen LogP contribution in [-0.4, -0.2) is 12.3 Å². The van der Waals surface area contributed by atoms with Crippen LogP contribution in [0.3, 0.4) is 0 Å². The first-order chi connectivity index (χ1) is 11.4. The summed E-state index contributed by atoms with van der Waals surface area (Å²) in [5.74, 6) is -0.816. The molecule has 0 aliphatic carbocycles. The van der Waals surface area contributed by atoms with E-state index >= 15 is 0 Å². The van der Waals surface area contributed by atoms with Crippen molar-refractivity contribution in [1.29, 1.82) is 0 Å². The van der Waals surface area contributed by atoms with Crippen LogP contribution in [0.25, 0.3) is 0 Å². The lowest BCUT2D eigenvalue weighted by molar-refractivity contribution is -0.274. The highest BCUT2D eigenvalue weighted by molar-refractivity contribution is 5.95. The molecule has 128 valence electrons. The maximum Gasteiger partial charge on any atom is 0.573 e. The molecule has 1 atom stereocenters. The number of nitrogens with one attached hydrogen (secondary N) is 1. The Hall–Kier alpha value is -2.50. The summed E-state index contributed by atoms with van der Waals surface area (Å²) in [5, 5.41) is 2.74. The summed E-state index contributed by atoms with van der Waals surface area (Å²) in [4.78, 5) is 12.5. The van der Waals surface area contributed by atoms with Crippen LogP contribution in [0.2, 0.25) is 0 Å². The van der Waals surface area contributed by atoms with Crippen molar-refractivity contribution in [2.45, 2.75) is 32.0 Å². The van der Waals surface area contributed by atoms with E-state index in [0.717, 1.165) is 12.0 Å². The highest BCUT2D eigenvalue weighted by atomic mass is 19.4.